The minimum absolute atomic E-state index is 0.154. The van der Waals surface area contributed by atoms with E-state index in [0.717, 1.165) is 37.9 Å². The highest BCUT2D eigenvalue weighted by Gasteiger charge is 2.54. The van der Waals surface area contributed by atoms with Gasteiger partial charge >= 0.3 is 0 Å². The van der Waals surface area contributed by atoms with Crippen LogP contribution in [0.25, 0.3) is 0 Å². The Kier molecular flexibility index (Phi) is 2.17. The minimum Gasteiger partial charge on any atom is -0.317 e. The van der Waals surface area contributed by atoms with Gasteiger partial charge in [0.2, 0.25) is 5.91 Å². The van der Waals surface area contributed by atoms with Gasteiger partial charge in [0.25, 0.3) is 0 Å². The van der Waals surface area contributed by atoms with Crippen molar-refractivity contribution in [2.45, 2.75) is 49.5 Å². The van der Waals surface area contributed by atoms with Gasteiger partial charge < -0.3 is 10.6 Å². The summed E-state index contributed by atoms with van der Waals surface area (Å²) in [5, 5.41) is 0. The number of carbonyl (C=O) groups is 1. The molecule has 0 radical (unpaired) electrons. The first-order chi connectivity index (χ1) is 9.15. The Balaban J connectivity index is 1.72. The number of para-hydroxylation sites is 1. The lowest BCUT2D eigenvalue weighted by molar-refractivity contribution is -0.123. The van der Waals surface area contributed by atoms with Gasteiger partial charge in [-0.1, -0.05) is 31.0 Å². The monoisotopic (exact) mass is 256 g/mol. The molecule has 2 saturated carbocycles. The summed E-state index contributed by atoms with van der Waals surface area (Å²) in [6.45, 7) is 0.851. The first-order valence-electron chi connectivity index (χ1n) is 7.35. The van der Waals surface area contributed by atoms with Gasteiger partial charge in [0, 0.05) is 17.6 Å². The molecule has 3 heteroatoms. The number of rotatable bonds is 1. The van der Waals surface area contributed by atoms with E-state index in [9.17, 15) is 4.79 Å². The molecular formula is C16H20N2O. The second-order valence-corrected chi connectivity index (χ2v) is 6.55. The van der Waals surface area contributed by atoms with Crippen LogP contribution in [0, 0.1) is 0 Å². The first kappa shape index (κ1) is 11.5. The second kappa shape index (κ2) is 3.60. The maximum Gasteiger partial charge on any atom is 0.247 e. The zero-order chi connectivity index (χ0) is 13.1. The van der Waals surface area contributed by atoms with Crippen molar-refractivity contribution in [3.05, 3.63) is 29.8 Å². The van der Waals surface area contributed by atoms with Crippen LogP contribution in [0.5, 0.6) is 0 Å². The Morgan fingerprint density at radius 1 is 1.11 bits per heavy atom. The Hall–Kier alpha value is -1.35. The average molecular weight is 256 g/mol. The molecule has 2 aliphatic carbocycles. The van der Waals surface area contributed by atoms with Crippen molar-refractivity contribution in [2.24, 2.45) is 5.73 Å². The number of nitrogens with two attached hydrogens (primary N) is 1. The molecule has 4 rings (SSSR count). The minimum atomic E-state index is -0.604. The summed E-state index contributed by atoms with van der Waals surface area (Å²) in [6.07, 6.45) is 6.29. The summed E-state index contributed by atoms with van der Waals surface area (Å²) in [7, 11) is 0. The molecule has 0 saturated heterocycles. The summed E-state index contributed by atoms with van der Waals surface area (Å²) in [4.78, 5) is 14.8. The molecule has 1 amide bonds. The number of fused-ring (bicyclic) bond motifs is 2. The molecule has 1 aromatic rings. The van der Waals surface area contributed by atoms with Crippen LogP contribution >= 0.6 is 0 Å². The van der Waals surface area contributed by atoms with E-state index >= 15 is 0 Å². The van der Waals surface area contributed by atoms with Crippen LogP contribution in [0.2, 0.25) is 0 Å². The first-order valence-corrected chi connectivity index (χ1v) is 7.35. The highest BCUT2D eigenvalue weighted by molar-refractivity contribution is 6.02. The number of anilines is 1. The standard InChI is InChI=1S/C16H20N2O/c17-16(7-3-4-8-16)14(19)18-11-15(9-10-15)12-5-1-2-6-13(12)18/h1-2,5-6H,3-4,7-11,17H2. The predicted octanol–water partition coefficient (Wildman–Crippen LogP) is 2.34. The second-order valence-electron chi connectivity index (χ2n) is 6.55. The van der Waals surface area contributed by atoms with Gasteiger partial charge in [0.15, 0.2) is 0 Å². The van der Waals surface area contributed by atoms with Gasteiger partial charge in [0.05, 0.1) is 5.54 Å². The fourth-order valence-corrected chi connectivity index (χ4v) is 3.88. The third-order valence-corrected chi connectivity index (χ3v) is 5.25. The number of hydrogen-bond acceptors (Lipinski definition) is 2. The van der Waals surface area contributed by atoms with E-state index < -0.39 is 5.54 Å². The molecule has 3 nitrogen and oxygen atoms in total. The molecule has 3 aliphatic rings. The fraction of sp³-hybridized carbons (Fsp3) is 0.562. The number of nitrogens with zero attached hydrogens (tertiary/aromatic N) is 1. The third kappa shape index (κ3) is 1.51. The lowest BCUT2D eigenvalue weighted by Crippen LogP contribution is -2.53. The van der Waals surface area contributed by atoms with Crippen LogP contribution in [0.15, 0.2) is 24.3 Å². The van der Waals surface area contributed by atoms with Gasteiger partial charge in [-0.2, -0.15) is 0 Å². The molecule has 2 fully saturated rings. The summed E-state index contributed by atoms with van der Waals surface area (Å²) < 4.78 is 0. The predicted molar refractivity (Wildman–Crippen MR) is 75.1 cm³/mol. The SMILES string of the molecule is NC1(C(=O)N2CC3(CC3)c3ccccc32)CCCC1. The molecule has 0 unspecified atom stereocenters. The van der Waals surface area contributed by atoms with Gasteiger partial charge in [0.1, 0.15) is 0 Å². The average Bonchev–Trinajstić information content (AvgIpc) is 2.95. The van der Waals surface area contributed by atoms with Gasteiger partial charge in [-0.3, -0.25) is 4.79 Å². The largest absolute Gasteiger partial charge is 0.317 e. The van der Waals surface area contributed by atoms with Crippen LogP contribution in [0.4, 0.5) is 5.69 Å². The molecule has 1 aliphatic heterocycles. The van der Waals surface area contributed by atoms with Crippen LogP contribution < -0.4 is 10.6 Å². The van der Waals surface area contributed by atoms with Crippen molar-refractivity contribution < 1.29 is 4.79 Å². The summed E-state index contributed by atoms with van der Waals surface area (Å²) >= 11 is 0. The fourth-order valence-electron chi connectivity index (χ4n) is 3.88. The lowest BCUT2D eigenvalue weighted by Gasteiger charge is -2.29. The third-order valence-electron chi connectivity index (χ3n) is 5.25. The lowest BCUT2D eigenvalue weighted by atomic mass is 9.97. The summed E-state index contributed by atoms with van der Waals surface area (Å²) in [5.41, 5.74) is 8.50. The van der Waals surface area contributed by atoms with E-state index in [0.29, 0.717) is 0 Å². The molecule has 1 spiro atoms. The normalized spacial score (nSPS) is 25.6. The number of benzene rings is 1. The molecule has 19 heavy (non-hydrogen) atoms. The van der Waals surface area contributed by atoms with Gasteiger partial charge in [-0.05, 0) is 37.3 Å². The van der Waals surface area contributed by atoms with Crippen LogP contribution in [0.1, 0.15) is 44.1 Å². The van der Waals surface area contributed by atoms with Crippen molar-refractivity contribution in [3.63, 3.8) is 0 Å². The maximum absolute atomic E-state index is 12.8. The molecule has 2 N–H and O–H groups in total. The molecule has 100 valence electrons. The molecule has 1 heterocycles. The van der Waals surface area contributed by atoms with E-state index in [1.54, 1.807) is 0 Å². The quantitative estimate of drug-likeness (QED) is 0.838. The zero-order valence-corrected chi connectivity index (χ0v) is 11.2. The van der Waals surface area contributed by atoms with Crippen LogP contribution in [0.3, 0.4) is 0 Å². The van der Waals surface area contributed by atoms with E-state index in [-0.39, 0.29) is 11.3 Å². The van der Waals surface area contributed by atoms with E-state index in [1.807, 2.05) is 11.0 Å². The molecule has 0 atom stereocenters. The van der Waals surface area contributed by atoms with E-state index in [2.05, 4.69) is 18.2 Å². The summed E-state index contributed by atoms with van der Waals surface area (Å²) in [6, 6.07) is 8.38. The Morgan fingerprint density at radius 3 is 2.47 bits per heavy atom. The van der Waals surface area contributed by atoms with Crippen molar-refractivity contribution in [2.75, 3.05) is 11.4 Å². The van der Waals surface area contributed by atoms with Gasteiger partial charge in [-0.25, -0.2) is 0 Å². The van der Waals surface area contributed by atoms with Crippen LogP contribution in [-0.2, 0) is 10.2 Å². The zero-order valence-electron chi connectivity index (χ0n) is 11.2. The molecular weight excluding hydrogens is 236 g/mol. The van der Waals surface area contributed by atoms with Crippen LogP contribution in [-0.4, -0.2) is 18.0 Å². The Bertz CT molecular complexity index is 541. The maximum atomic E-state index is 12.8. The van der Waals surface area contributed by atoms with E-state index in [4.69, 9.17) is 5.73 Å². The highest BCUT2D eigenvalue weighted by Crippen LogP contribution is 2.56. The van der Waals surface area contributed by atoms with Crippen molar-refractivity contribution in [1.29, 1.82) is 0 Å². The number of hydrogen-bond donors (Lipinski definition) is 1. The van der Waals surface area contributed by atoms with Crippen molar-refractivity contribution in [1.82, 2.24) is 0 Å². The van der Waals surface area contributed by atoms with Crippen molar-refractivity contribution >= 4 is 11.6 Å². The highest BCUT2D eigenvalue weighted by atomic mass is 16.2. The van der Waals surface area contributed by atoms with E-state index in [1.165, 1.54) is 18.4 Å². The number of carbonyl (C=O) groups excluding carboxylic acids is 1. The summed E-state index contributed by atoms with van der Waals surface area (Å²) in [5.74, 6) is 0.154. The topological polar surface area (TPSA) is 46.3 Å². The molecule has 1 aromatic carbocycles. The smallest absolute Gasteiger partial charge is 0.247 e. The molecule has 0 aromatic heterocycles. The molecule has 0 bridgehead atoms. The van der Waals surface area contributed by atoms with Gasteiger partial charge in [-0.15, -0.1) is 0 Å². The Morgan fingerprint density at radius 2 is 1.79 bits per heavy atom. The number of amides is 1. The van der Waals surface area contributed by atoms with Crippen molar-refractivity contribution in [3.8, 4) is 0 Å². The Labute approximate surface area is 113 Å².